The first kappa shape index (κ1) is 9.69. The van der Waals surface area contributed by atoms with Crippen LogP contribution >= 0.6 is 0 Å². The van der Waals surface area contributed by atoms with Crippen LogP contribution in [-0.4, -0.2) is 40.6 Å². The fourth-order valence-electron chi connectivity index (χ4n) is 0.581. The summed E-state index contributed by atoms with van der Waals surface area (Å²) in [6.45, 7) is 0. The fraction of sp³-hybridized carbons (Fsp3) is 0. The Kier molecular flexibility index (Phi) is 4.36. The number of carboxylic acids is 1. The summed E-state index contributed by atoms with van der Waals surface area (Å²) in [4.78, 5) is 10.2. The first-order valence-electron chi connectivity index (χ1n) is 2.59. The molecule has 2 nitrogen and oxygen atoms in total. The molecule has 1 aromatic carbocycles. The Bertz CT molecular complexity index is 216. The van der Waals surface area contributed by atoms with Gasteiger partial charge in [0.1, 0.15) is 0 Å². The Balaban J connectivity index is -0.000000270. The zero-order chi connectivity index (χ0) is 6.69. The number of hydrogen-bond acceptors (Lipinski definition) is 1. The van der Waals surface area contributed by atoms with Gasteiger partial charge in [-0.3, -0.25) is 0 Å². The van der Waals surface area contributed by atoms with Crippen molar-refractivity contribution in [1.82, 2.24) is 0 Å². The predicted molar refractivity (Wildman–Crippen MR) is 42.8 cm³/mol. The summed E-state index contributed by atoms with van der Waals surface area (Å²) in [6.07, 6.45) is 0. The van der Waals surface area contributed by atoms with Gasteiger partial charge in [-0.2, -0.15) is 0 Å². The van der Waals surface area contributed by atoms with Gasteiger partial charge in [-0.1, -0.05) is 18.2 Å². The van der Waals surface area contributed by atoms with Gasteiger partial charge in [-0.15, -0.1) is 0 Å². The topological polar surface area (TPSA) is 37.3 Å². The molecule has 0 spiro atoms. The molecule has 1 N–H and O–H groups in total. The van der Waals surface area contributed by atoms with Crippen LogP contribution in [0, 0.1) is 0 Å². The molecular weight excluding hydrogens is 139 g/mol. The van der Waals surface area contributed by atoms with Crippen LogP contribution in [0.15, 0.2) is 30.3 Å². The minimum atomic E-state index is -0.879. The zero-order valence-corrected chi connectivity index (χ0v) is 4.74. The predicted octanol–water partition coefficient (Wildman–Crippen LogP) is 0.961. The molecule has 0 saturated carbocycles. The van der Waals surface area contributed by atoms with Crippen molar-refractivity contribution < 1.29 is 12.8 Å². The van der Waals surface area contributed by atoms with Crippen LogP contribution in [0.3, 0.4) is 0 Å². The van der Waals surface area contributed by atoms with Gasteiger partial charge in [0, 0.05) is 0 Å². The Hall–Kier alpha value is -0.310. The van der Waals surface area contributed by atoms with Gasteiger partial charge in [0.05, 0.1) is 5.56 Å². The van der Waals surface area contributed by atoms with Crippen LogP contribution in [0.5, 0.6) is 0 Å². The number of carbonyl (C=O) groups is 1. The van der Waals surface area contributed by atoms with Crippen LogP contribution in [0.25, 0.3) is 0 Å². The van der Waals surface area contributed by atoms with Crippen LogP contribution < -0.4 is 0 Å². The molecule has 0 atom stereocenters. The summed E-state index contributed by atoms with van der Waals surface area (Å²) >= 11 is 0. The standard InChI is InChI=1S/C7H6O2.Na.H/c8-7(9)6-4-2-1-3-5-6;;/h1-5H,(H,8,9);;/p+2. The monoisotopic (exact) mass is 148 g/mol. The van der Waals surface area contributed by atoms with E-state index in [9.17, 15) is 4.79 Å². The molecule has 48 valence electrons. The van der Waals surface area contributed by atoms with E-state index in [2.05, 4.69) is 0 Å². The number of carboxylic acid groups (broad SMARTS) is 1. The van der Waals surface area contributed by atoms with Crippen molar-refractivity contribution in [3.63, 3.8) is 0 Å². The Morgan fingerprint density at radius 2 is 1.80 bits per heavy atom. The van der Waals surface area contributed by atoms with Gasteiger partial charge in [0.15, 0.2) is 0 Å². The van der Waals surface area contributed by atoms with Crippen LogP contribution in [0.2, 0.25) is 0 Å². The summed E-state index contributed by atoms with van der Waals surface area (Å²) in [5, 5.41) is 8.38. The maximum atomic E-state index is 10.2. The first-order chi connectivity index (χ1) is 4.30. The average molecular weight is 148 g/mol. The van der Waals surface area contributed by atoms with Crippen molar-refractivity contribution in [2.75, 3.05) is 0 Å². The van der Waals surface area contributed by atoms with Crippen molar-refractivity contribution in [2.45, 2.75) is 0 Å². The second-order valence-electron chi connectivity index (χ2n) is 1.67. The van der Waals surface area contributed by atoms with Crippen LogP contribution in [0.4, 0.5) is 0 Å². The third-order valence-corrected chi connectivity index (χ3v) is 1.02. The van der Waals surface area contributed by atoms with E-state index in [1.165, 1.54) is 0 Å². The number of aromatic carboxylic acids is 1. The summed E-state index contributed by atoms with van der Waals surface area (Å²) in [7, 11) is 0. The molecule has 0 aliphatic carbocycles. The third kappa shape index (κ3) is 2.52. The summed E-state index contributed by atoms with van der Waals surface area (Å²) in [5.74, 6) is -0.879. The molecule has 0 heterocycles. The molecule has 1 aromatic rings. The van der Waals surface area contributed by atoms with Gasteiger partial charge in [-0.05, 0) is 12.1 Å². The summed E-state index contributed by atoms with van der Waals surface area (Å²) in [6, 6.07) is 8.30. The maximum absolute atomic E-state index is 10.2. The van der Waals surface area contributed by atoms with E-state index >= 15 is 0 Å². The number of rotatable bonds is 1. The van der Waals surface area contributed by atoms with Gasteiger partial charge >= 0.3 is 38.4 Å². The molecule has 0 bridgehead atoms. The van der Waals surface area contributed by atoms with E-state index in [0.717, 1.165) is 0 Å². The molecule has 0 saturated heterocycles. The molecule has 0 radical (unpaired) electrons. The molecule has 0 aliphatic rings. The summed E-state index contributed by atoms with van der Waals surface area (Å²) < 4.78 is 0. The normalized spacial score (nSPS) is 8.00. The minimum absolute atomic E-state index is 0. The van der Waals surface area contributed by atoms with Gasteiger partial charge in [-0.25, -0.2) is 4.79 Å². The molecule has 10 heavy (non-hydrogen) atoms. The molecule has 3 heteroatoms. The van der Waals surface area contributed by atoms with Crippen molar-refractivity contribution in [1.29, 1.82) is 0 Å². The first-order valence-corrected chi connectivity index (χ1v) is 2.59. The SMILES string of the molecule is O=C(O)c1ccccc1.[H+].[H+].[NaH]. The van der Waals surface area contributed by atoms with Gasteiger partial charge in [0.25, 0.3) is 0 Å². The quantitative estimate of drug-likeness (QED) is 0.602. The fourth-order valence-corrected chi connectivity index (χ4v) is 0.581. The zero-order valence-electron chi connectivity index (χ0n) is 6.74. The van der Waals surface area contributed by atoms with Crippen LogP contribution in [-0.2, 0) is 0 Å². The third-order valence-electron chi connectivity index (χ3n) is 1.02. The second-order valence-corrected chi connectivity index (χ2v) is 1.67. The molecule has 0 aliphatic heterocycles. The second kappa shape index (κ2) is 4.50. The van der Waals surface area contributed by atoms with E-state index in [4.69, 9.17) is 5.11 Å². The van der Waals surface area contributed by atoms with E-state index in [-0.39, 0.29) is 32.4 Å². The van der Waals surface area contributed by atoms with E-state index < -0.39 is 5.97 Å². The van der Waals surface area contributed by atoms with Crippen molar-refractivity contribution >= 4 is 35.5 Å². The molecule has 0 fully saturated rings. The van der Waals surface area contributed by atoms with E-state index in [0.29, 0.717) is 5.56 Å². The van der Waals surface area contributed by atoms with Crippen LogP contribution in [0.1, 0.15) is 13.2 Å². The molecule has 1 rings (SSSR count). The molecule has 0 amide bonds. The van der Waals surface area contributed by atoms with Gasteiger partial charge in [0.2, 0.25) is 0 Å². The van der Waals surface area contributed by atoms with Crippen molar-refractivity contribution in [2.24, 2.45) is 0 Å². The number of benzene rings is 1. The molecular formula is C7H9NaO2+2. The van der Waals surface area contributed by atoms with E-state index in [1.807, 2.05) is 0 Å². The summed E-state index contributed by atoms with van der Waals surface area (Å²) in [5.41, 5.74) is 0.331. The molecule has 0 unspecified atom stereocenters. The molecule has 0 aromatic heterocycles. The van der Waals surface area contributed by atoms with E-state index in [1.54, 1.807) is 30.3 Å². The Morgan fingerprint density at radius 1 is 1.30 bits per heavy atom. The van der Waals surface area contributed by atoms with Gasteiger partial charge < -0.3 is 5.11 Å². The van der Waals surface area contributed by atoms with Crippen molar-refractivity contribution in [3.8, 4) is 0 Å². The van der Waals surface area contributed by atoms with Crippen molar-refractivity contribution in [3.05, 3.63) is 35.9 Å². The number of hydrogen-bond donors (Lipinski definition) is 1. The Labute approximate surface area is 84.1 Å². The Morgan fingerprint density at radius 3 is 2.10 bits per heavy atom. The average Bonchev–Trinajstić information content (AvgIpc) is 1.90.